The second kappa shape index (κ2) is 6.42. The molecule has 1 aromatic rings. The van der Waals surface area contributed by atoms with Crippen molar-refractivity contribution >= 4 is 33.3 Å². The average molecular weight is 307 g/mol. The van der Waals surface area contributed by atoms with Crippen LogP contribution in [0.25, 0.3) is 0 Å². The van der Waals surface area contributed by atoms with Crippen molar-refractivity contribution in [2.75, 3.05) is 32.1 Å². The topological polar surface area (TPSA) is 28.2 Å². The van der Waals surface area contributed by atoms with Crippen molar-refractivity contribution in [2.45, 2.75) is 6.92 Å². The summed E-state index contributed by atoms with van der Waals surface area (Å²) in [6.07, 6.45) is 1.76. The van der Waals surface area contributed by atoms with Gasteiger partial charge in [0.25, 0.3) is 0 Å². The fraction of sp³-hybridized carbons (Fsp3) is 0.545. The zero-order chi connectivity index (χ0) is 12.1. The number of aromatic nitrogens is 1. The summed E-state index contributed by atoms with van der Waals surface area (Å²) in [5, 5.41) is 3.84. The van der Waals surface area contributed by atoms with E-state index < -0.39 is 0 Å². The highest BCUT2D eigenvalue weighted by atomic mass is 79.9. The molecular formula is C11H17BrClN3. The van der Waals surface area contributed by atoms with Gasteiger partial charge in [-0.05, 0) is 41.5 Å². The summed E-state index contributed by atoms with van der Waals surface area (Å²) >= 11 is 9.48. The zero-order valence-corrected chi connectivity index (χ0v) is 12.1. The van der Waals surface area contributed by atoms with E-state index in [1.165, 1.54) is 0 Å². The van der Waals surface area contributed by atoms with Gasteiger partial charge in [0.1, 0.15) is 5.82 Å². The molecule has 90 valence electrons. The Kier molecular flexibility index (Phi) is 5.52. The van der Waals surface area contributed by atoms with E-state index in [1.807, 2.05) is 20.2 Å². The van der Waals surface area contributed by atoms with Crippen LogP contribution in [0.1, 0.15) is 6.92 Å². The molecule has 1 heterocycles. The number of rotatable bonds is 5. The van der Waals surface area contributed by atoms with Crippen LogP contribution in [0.3, 0.4) is 0 Å². The van der Waals surface area contributed by atoms with Crippen LogP contribution in [0.5, 0.6) is 0 Å². The third kappa shape index (κ3) is 3.92. The quantitative estimate of drug-likeness (QED) is 0.906. The summed E-state index contributed by atoms with van der Waals surface area (Å²) < 4.78 is 0.901. The fourth-order valence-electron chi connectivity index (χ4n) is 1.66. The molecule has 0 amide bonds. The molecule has 1 N–H and O–H groups in total. The van der Waals surface area contributed by atoms with Crippen LogP contribution in [0.2, 0.25) is 5.02 Å². The predicted octanol–water partition coefficient (Wildman–Crippen LogP) is 2.79. The van der Waals surface area contributed by atoms with Crippen molar-refractivity contribution in [2.24, 2.45) is 5.92 Å². The van der Waals surface area contributed by atoms with Crippen LogP contribution in [0.15, 0.2) is 16.7 Å². The predicted molar refractivity (Wildman–Crippen MR) is 73.3 cm³/mol. The largest absolute Gasteiger partial charge is 0.358 e. The first-order valence-electron chi connectivity index (χ1n) is 5.21. The summed E-state index contributed by atoms with van der Waals surface area (Å²) in [6.45, 7) is 4.10. The highest BCUT2D eigenvalue weighted by Gasteiger charge is 2.11. The van der Waals surface area contributed by atoms with Crippen molar-refractivity contribution in [3.8, 4) is 0 Å². The molecule has 0 saturated carbocycles. The van der Waals surface area contributed by atoms with E-state index in [0.717, 1.165) is 23.4 Å². The molecule has 0 radical (unpaired) electrons. The summed E-state index contributed by atoms with van der Waals surface area (Å²) in [5.41, 5.74) is 0. The molecule has 16 heavy (non-hydrogen) atoms. The SMILES string of the molecule is CNCC(C)CN(C)c1ncc(Br)cc1Cl. The molecule has 1 atom stereocenters. The number of halogens is 2. The molecule has 0 aliphatic heterocycles. The van der Waals surface area contributed by atoms with E-state index in [2.05, 4.69) is 38.1 Å². The Morgan fingerprint density at radius 2 is 2.31 bits per heavy atom. The van der Waals surface area contributed by atoms with Crippen LogP contribution < -0.4 is 10.2 Å². The maximum absolute atomic E-state index is 6.14. The summed E-state index contributed by atoms with van der Waals surface area (Å²) in [4.78, 5) is 6.40. The fourth-order valence-corrected chi connectivity index (χ4v) is 2.43. The van der Waals surface area contributed by atoms with Gasteiger partial charge >= 0.3 is 0 Å². The molecular weight excluding hydrogens is 289 g/mol. The van der Waals surface area contributed by atoms with Crippen molar-refractivity contribution in [3.05, 3.63) is 21.8 Å². The van der Waals surface area contributed by atoms with E-state index >= 15 is 0 Å². The standard InChI is InChI=1S/C11H17BrClN3/c1-8(5-14-2)7-16(3)11-10(13)4-9(12)6-15-11/h4,6,8,14H,5,7H2,1-3H3. The smallest absolute Gasteiger partial charge is 0.147 e. The van der Waals surface area contributed by atoms with Gasteiger partial charge in [-0.15, -0.1) is 0 Å². The number of hydrogen-bond acceptors (Lipinski definition) is 3. The van der Waals surface area contributed by atoms with E-state index in [-0.39, 0.29) is 0 Å². The number of anilines is 1. The maximum atomic E-state index is 6.14. The minimum absolute atomic E-state index is 0.552. The van der Waals surface area contributed by atoms with Crippen molar-refractivity contribution in [1.29, 1.82) is 0 Å². The van der Waals surface area contributed by atoms with E-state index in [0.29, 0.717) is 10.9 Å². The third-order valence-corrected chi connectivity index (χ3v) is 3.00. The lowest BCUT2D eigenvalue weighted by molar-refractivity contribution is 0.541. The zero-order valence-electron chi connectivity index (χ0n) is 9.80. The van der Waals surface area contributed by atoms with Gasteiger partial charge < -0.3 is 10.2 Å². The second-order valence-corrected chi connectivity index (χ2v) is 5.33. The molecule has 0 aliphatic rings. The number of hydrogen-bond donors (Lipinski definition) is 1. The summed E-state index contributed by atoms with van der Waals surface area (Å²) in [7, 11) is 3.97. The molecule has 0 saturated heterocycles. The Morgan fingerprint density at radius 1 is 1.62 bits per heavy atom. The van der Waals surface area contributed by atoms with Crippen LogP contribution in [-0.2, 0) is 0 Å². The molecule has 0 spiro atoms. The Bertz CT molecular complexity index is 346. The van der Waals surface area contributed by atoms with Gasteiger partial charge in [0.15, 0.2) is 0 Å². The maximum Gasteiger partial charge on any atom is 0.147 e. The second-order valence-electron chi connectivity index (χ2n) is 4.00. The first-order valence-corrected chi connectivity index (χ1v) is 6.38. The monoisotopic (exact) mass is 305 g/mol. The third-order valence-electron chi connectivity index (χ3n) is 2.29. The van der Waals surface area contributed by atoms with Crippen molar-refractivity contribution in [1.82, 2.24) is 10.3 Å². The lowest BCUT2D eigenvalue weighted by Crippen LogP contribution is -2.30. The molecule has 1 aromatic heterocycles. The normalized spacial score (nSPS) is 12.6. The van der Waals surface area contributed by atoms with E-state index in [4.69, 9.17) is 11.6 Å². The Morgan fingerprint density at radius 3 is 2.88 bits per heavy atom. The van der Waals surface area contributed by atoms with Crippen molar-refractivity contribution in [3.63, 3.8) is 0 Å². The highest BCUT2D eigenvalue weighted by molar-refractivity contribution is 9.10. The minimum atomic E-state index is 0.552. The van der Waals surface area contributed by atoms with Gasteiger partial charge in [-0.25, -0.2) is 4.98 Å². The Balaban J connectivity index is 2.69. The molecule has 3 nitrogen and oxygen atoms in total. The first-order chi connectivity index (χ1) is 7.54. The molecule has 0 aliphatic carbocycles. The van der Waals surface area contributed by atoms with Gasteiger partial charge in [-0.3, -0.25) is 0 Å². The van der Waals surface area contributed by atoms with E-state index in [1.54, 1.807) is 6.20 Å². The lowest BCUT2D eigenvalue weighted by atomic mass is 10.1. The van der Waals surface area contributed by atoms with Gasteiger partial charge in [-0.2, -0.15) is 0 Å². The van der Waals surface area contributed by atoms with Crippen LogP contribution >= 0.6 is 27.5 Å². The first kappa shape index (κ1) is 13.7. The van der Waals surface area contributed by atoms with E-state index in [9.17, 15) is 0 Å². The Hall–Kier alpha value is -0.320. The Labute approximate surface area is 110 Å². The van der Waals surface area contributed by atoms with Crippen LogP contribution in [0.4, 0.5) is 5.82 Å². The van der Waals surface area contributed by atoms with Gasteiger partial charge in [-0.1, -0.05) is 18.5 Å². The number of nitrogens with one attached hydrogen (secondary N) is 1. The molecule has 0 bridgehead atoms. The number of pyridine rings is 1. The molecule has 1 rings (SSSR count). The molecule has 0 fully saturated rings. The lowest BCUT2D eigenvalue weighted by Gasteiger charge is -2.23. The molecule has 5 heteroatoms. The molecule has 0 aromatic carbocycles. The van der Waals surface area contributed by atoms with Gasteiger partial charge in [0, 0.05) is 24.3 Å². The number of nitrogens with zero attached hydrogens (tertiary/aromatic N) is 2. The van der Waals surface area contributed by atoms with Gasteiger partial charge in [0.2, 0.25) is 0 Å². The highest BCUT2D eigenvalue weighted by Crippen LogP contribution is 2.25. The van der Waals surface area contributed by atoms with Gasteiger partial charge in [0.05, 0.1) is 5.02 Å². The minimum Gasteiger partial charge on any atom is -0.358 e. The van der Waals surface area contributed by atoms with Crippen LogP contribution in [0, 0.1) is 5.92 Å². The summed E-state index contributed by atoms with van der Waals surface area (Å²) in [5.74, 6) is 1.38. The average Bonchev–Trinajstić information content (AvgIpc) is 2.17. The molecule has 1 unspecified atom stereocenters. The van der Waals surface area contributed by atoms with Crippen molar-refractivity contribution < 1.29 is 0 Å². The summed E-state index contributed by atoms with van der Waals surface area (Å²) in [6, 6.07) is 1.86. The van der Waals surface area contributed by atoms with Crippen LogP contribution in [-0.4, -0.2) is 32.2 Å².